The Hall–Kier alpha value is -3.49. The second-order valence-corrected chi connectivity index (χ2v) is 10.2. The minimum absolute atomic E-state index is 0.167. The molecule has 5 atom stereocenters. The standard InChI is InChI=1S/C24H27NO9.C2HF3O/c1-12(27)32-16(22(29)30)10-18(28)33-15-5-6-24(31)17-9-13-3-4-14(11-26)20-19(13)23(24,21(15)34-20)7-8-25(17)2;3-2(4,5)1-6/h3-5,16-17,21,26,31H,6-11H2,1-2H3,(H,29,30);1H/t16-,17+,21-,23-,24+;/m0./s1. The minimum Gasteiger partial charge on any atom is -0.481 e. The summed E-state index contributed by atoms with van der Waals surface area (Å²) in [6.07, 6.45) is -5.82. The number of piperidine rings is 1. The van der Waals surface area contributed by atoms with Crippen LogP contribution in [0.5, 0.6) is 5.75 Å². The van der Waals surface area contributed by atoms with Crippen LogP contribution in [0.1, 0.15) is 42.9 Å². The van der Waals surface area contributed by atoms with E-state index in [9.17, 15) is 42.9 Å². The third-order valence-electron chi connectivity index (χ3n) is 7.93. The van der Waals surface area contributed by atoms with Crippen molar-refractivity contribution in [3.63, 3.8) is 0 Å². The van der Waals surface area contributed by atoms with Gasteiger partial charge in [0.2, 0.25) is 12.4 Å². The Bertz CT molecular complexity index is 1260. The van der Waals surface area contributed by atoms with Crippen LogP contribution in [0.25, 0.3) is 0 Å². The van der Waals surface area contributed by atoms with E-state index < -0.39 is 60.0 Å². The Morgan fingerprint density at radius 2 is 1.98 bits per heavy atom. The van der Waals surface area contributed by atoms with Gasteiger partial charge in [-0.3, -0.25) is 14.4 Å². The van der Waals surface area contributed by atoms with Gasteiger partial charge in [-0.15, -0.1) is 0 Å². The van der Waals surface area contributed by atoms with Crippen molar-refractivity contribution in [2.24, 2.45) is 0 Å². The summed E-state index contributed by atoms with van der Waals surface area (Å²) < 4.78 is 47.9. The molecular formula is C26H28F3NO10. The zero-order valence-corrected chi connectivity index (χ0v) is 21.6. The van der Waals surface area contributed by atoms with E-state index in [1.165, 1.54) is 0 Å². The van der Waals surface area contributed by atoms with Crippen molar-refractivity contribution < 1.29 is 61.9 Å². The molecule has 5 rings (SSSR count). The average molecular weight is 572 g/mol. The molecule has 14 heteroatoms. The Labute approximate surface area is 226 Å². The predicted octanol–water partition coefficient (Wildman–Crippen LogP) is 1.15. The van der Waals surface area contributed by atoms with Gasteiger partial charge in [-0.25, -0.2) is 4.79 Å². The number of aliphatic hydroxyl groups excluding tert-OH is 1. The third kappa shape index (κ3) is 4.84. The average Bonchev–Trinajstić information content (AvgIpc) is 3.23. The number of nitrogens with zero attached hydrogens (tertiary/aromatic N) is 1. The number of carbonyl (C=O) groups excluding carboxylic acids is 3. The fourth-order valence-electron chi connectivity index (χ4n) is 6.34. The van der Waals surface area contributed by atoms with Crippen LogP contribution < -0.4 is 4.74 Å². The molecule has 0 aromatic heterocycles. The number of halogens is 3. The normalized spacial score (nSPS) is 28.5. The summed E-state index contributed by atoms with van der Waals surface area (Å²) in [5.41, 5.74) is 0.442. The maximum absolute atomic E-state index is 12.7. The first-order chi connectivity index (χ1) is 18.7. The molecule has 3 N–H and O–H groups in total. The number of carboxylic acids is 1. The number of likely N-dealkylation sites (tertiary alicyclic amines) is 1. The number of carboxylic acid groups (broad SMARTS) is 1. The Morgan fingerprint density at radius 3 is 2.55 bits per heavy atom. The molecule has 1 saturated heterocycles. The number of aldehydes is 1. The van der Waals surface area contributed by atoms with Crippen molar-refractivity contribution in [1.29, 1.82) is 0 Å². The van der Waals surface area contributed by atoms with E-state index in [2.05, 4.69) is 4.90 Å². The first-order valence-electron chi connectivity index (χ1n) is 12.4. The first-order valence-corrected chi connectivity index (χ1v) is 12.4. The molecule has 2 aliphatic carbocycles. The largest absolute Gasteiger partial charge is 0.481 e. The number of alkyl halides is 3. The number of ether oxygens (including phenoxy) is 3. The number of aliphatic hydroxyl groups is 2. The maximum Gasteiger partial charge on any atom is 0.446 e. The molecule has 0 unspecified atom stereocenters. The second kappa shape index (κ2) is 10.5. The van der Waals surface area contributed by atoms with Gasteiger partial charge in [-0.2, -0.15) is 13.2 Å². The highest BCUT2D eigenvalue weighted by atomic mass is 19.4. The lowest BCUT2D eigenvalue weighted by atomic mass is 9.50. The number of esters is 2. The monoisotopic (exact) mass is 571 g/mol. The highest BCUT2D eigenvalue weighted by Gasteiger charge is 2.71. The van der Waals surface area contributed by atoms with Gasteiger partial charge < -0.3 is 34.4 Å². The number of hydrogen-bond acceptors (Lipinski definition) is 10. The minimum atomic E-state index is -4.64. The Balaban J connectivity index is 0.000000557. The Kier molecular flexibility index (Phi) is 7.73. The molecular weight excluding hydrogens is 543 g/mol. The van der Waals surface area contributed by atoms with Gasteiger partial charge in [-0.1, -0.05) is 12.1 Å². The van der Waals surface area contributed by atoms with E-state index in [0.717, 1.165) is 18.1 Å². The smallest absolute Gasteiger partial charge is 0.446 e. The van der Waals surface area contributed by atoms with Crippen LogP contribution in [0.4, 0.5) is 13.2 Å². The molecule has 2 bridgehead atoms. The quantitative estimate of drug-likeness (QED) is 0.332. The van der Waals surface area contributed by atoms with Gasteiger partial charge in [0.1, 0.15) is 11.5 Å². The van der Waals surface area contributed by atoms with Crippen LogP contribution in [0.3, 0.4) is 0 Å². The van der Waals surface area contributed by atoms with E-state index in [-0.39, 0.29) is 24.8 Å². The number of aliphatic carboxylic acids is 1. The predicted molar refractivity (Wildman–Crippen MR) is 127 cm³/mol. The zero-order chi connectivity index (χ0) is 29.6. The molecule has 1 aromatic rings. The topological polar surface area (TPSA) is 160 Å². The molecule has 218 valence electrons. The molecule has 4 aliphatic rings. The molecule has 0 radical (unpaired) electrons. The van der Waals surface area contributed by atoms with Gasteiger partial charge >= 0.3 is 24.1 Å². The van der Waals surface area contributed by atoms with Crippen molar-refractivity contribution in [3.8, 4) is 5.75 Å². The zero-order valence-electron chi connectivity index (χ0n) is 21.6. The van der Waals surface area contributed by atoms with E-state index in [1.54, 1.807) is 6.08 Å². The second-order valence-electron chi connectivity index (χ2n) is 10.2. The molecule has 0 amide bonds. The SMILES string of the molecule is CC(=O)O[C@@H](CC(=O)OC1=CC[C@@]2(O)[C@H]3Cc4ccc(CO)c5c4[C@@]2(CCN3C)[C@H]1O5)C(=O)O.O=CC(F)(F)F. The molecule has 11 nitrogen and oxygen atoms in total. The first kappa shape index (κ1) is 29.5. The third-order valence-corrected chi connectivity index (χ3v) is 7.93. The summed E-state index contributed by atoms with van der Waals surface area (Å²) >= 11 is 0. The molecule has 2 heterocycles. The molecule has 1 fully saturated rings. The van der Waals surface area contributed by atoms with Crippen LogP contribution in [0.2, 0.25) is 0 Å². The fourth-order valence-corrected chi connectivity index (χ4v) is 6.34. The van der Waals surface area contributed by atoms with Gasteiger partial charge in [0.15, 0.2) is 6.10 Å². The van der Waals surface area contributed by atoms with Crippen LogP contribution in [0.15, 0.2) is 24.0 Å². The van der Waals surface area contributed by atoms with Crippen LogP contribution >= 0.6 is 0 Å². The van der Waals surface area contributed by atoms with Crippen molar-refractivity contribution in [1.82, 2.24) is 4.90 Å². The number of likely N-dealkylation sites (N-methyl/N-ethyl adjacent to an activating group) is 1. The molecule has 1 spiro atoms. The molecule has 1 aromatic carbocycles. The molecule has 0 saturated carbocycles. The van der Waals surface area contributed by atoms with E-state index in [4.69, 9.17) is 19.0 Å². The van der Waals surface area contributed by atoms with Crippen molar-refractivity contribution in [2.75, 3.05) is 13.6 Å². The van der Waals surface area contributed by atoms with Crippen LogP contribution in [0, 0.1) is 0 Å². The number of carbonyl (C=O) groups is 4. The number of hydrogen-bond donors (Lipinski definition) is 3. The molecule has 2 aliphatic heterocycles. The summed E-state index contributed by atoms with van der Waals surface area (Å²) in [5.74, 6) is -2.45. The van der Waals surface area contributed by atoms with Crippen molar-refractivity contribution >= 4 is 24.2 Å². The molecule has 40 heavy (non-hydrogen) atoms. The van der Waals surface area contributed by atoms with Gasteiger partial charge in [0, 0.05) is 30.5 Å². The highest BCUT2D eigenvalue weighted by molar-refractivity contribution is 5.83. The van der Waals surface area contributed by atoms with Crippen molar-refractivity contribution in [3.05, 3.63) is 40.7 Å². The number of benzene rings is 1. The van der Waals surface area contributed by atoms with E-state index >= 15 is 0 Å². The lowest BCUT2D eigenvalue weighted by Crippen LogP contribution is -2.74. The van der Waals surface area contributed by atoms with Crippen LogP contribution in [-0.4, -0.2) is 88.0 Å². The lowest BCUT2D eigenvalue weighted by molar-refractivity contribution is -0.173. The summed E-state index contributed by atoms with van der Waals surface area (Å²) in [6.45, 7) is 1.52. The highest BCUT2D eigenvalue weighted by Crippen LogP contribution is 2.64. The van der Waals surface area contributed by atoms with Crippen molar-refractivity contribution in [2.45, 2.75) is 74.7 Å². The maximum atomic E-state index is 12.7. The Morgan fingerprint density at radius 1 is 1.30 bits per heavy atom. The summed E-state index contributed by atoms with van der Waals surface area (Å²) in [7, 11) is 1.98. The van der Waals surface area contributed by atoms with Gasteiger partial charge in [0.05, 0.1) is 24.0 Å². The lowest BCUT2D eigenvalue weighted by Gasteiger charge is -2.61. The van der Waals surface area contributed by atoms with Gasteiger partial charge in [-0.05, 0) is 38.1 Å². The van der Waals surface area contributed by atoms with E-state index in [1.807, 2.05) is 19.2 Å². The summed E-state index contributed by atoms with van der Waals surface area (Å²) in [4.78, 5) is 46.1. The fraction of sp³-hybridized carbons (Fsp3) is 0.538. The summed E-state index contributed by atoms with van der Waals surface area (Å²) in [5, 5.41) is 31.3. The summed E-state index contributed by atoms with van der Waals surface area (Å²) in [6, 6.07) is 3.61. The van der Waals surface area contributed by atoms with Crippen LogP contribution in [-0.2, 0) is 47.1 Å². The van der Waals surface area contributed by atoms with E-state index in [0.29, 0.717) is 30.7 Å². The number of rotatable bonds is 6. The van der Waals surface area contributed by atoms with Gasteiger partial charge in [0.25, 0.3) is 0 Å².